The Labute approximate surface area is 154 Å². The normalized spacial score (nSPS) is 10.7. The number of nitrogens with one attached hydrogen (secondary N) is 1. The summed E-state index contributed by atoms with van der Waals surface area (Å²) in [4.78, 5) is 0. The van der Waals surface area contributed by atoms with Gasteiger partial charge in [0.1, 0.15) is 6.61 Å². The lowest BCUT2D eigenvalue weighted by Crippen LogP contribution is -2.16. The largest absolute Gasteiger partial charge is 0.493 e. The zero-order chi connectivity index (χ0) is 17.9. The summed E-state index contributed by atoms with van der Waals surface area (Å²) in [5, 5.41) is 12.9. The highest BCUT2D eigenvalue weighted by atomic mass is 35.5. The molecule has 0 aliphatic carbocycles. The number of methoxy groups -OCH3 is 1. The summed E-state index contributed by atoms with van der Waals surface area (Å²) in [5.41, 5.74) is 2.07. The van der Waals surface area contributed by atoms with E-state index < -0.39 is 0 Å². The second-order valence-corrected chi connectivity index (χ2v) is 6.26. The van der Waals surface area contributed by atoms with Crippen LogP contribution in [0.5, 0.6) is 11.5 Å². The van der Waals surface area contributed by atoms with Crippen LogP contribution in [0.3, 0.4) is 0 Å². The molecule has 2 aromatic rings. The summed E-state index contributed by atoms with van der Waals surface area (Å²) >= 11 is 6.03. The molecule has 2 rings (SSSR count). The number of rotatable bonds is 11. The third kappa shape index (κ3) is 6.58. The summed E-state index contributed by atoms with van der Waals surface area (Å²) in [6.07, 6.45) is 2.93. The number of ether oxygens (including phenoxy) is 2. The molecule has 25 heavy (non-hydrogen) atoms. The van der Waals surface area contributed by atoms with Gasteiger partial charge in [0.2, 0.25) is 0 Å². The fraction of sp³-hybridized carbons (Fsp3) is 0.400. The van der Waals surface area contributed by atoms with Crippen LogP contribution in [-0.2, 0) is 13.2 Å². The van der Waals surface area contributed by atoms with Crippen molar-refractivity contribution in [3.8, 4) is 11.5 Å². The molecule has 0 aliphatic heterocycles. The first-order valence-corrected chi connectivity index (χ1v) is 8.97. The van der Waals surface area contributed by atoms with Gasteiger partial charge in [-0.3, -0.25) is 0 Å². The monoisotopic (exact) mass is 363 g/mol. The minimum atomic E-state index is 0.261. The summed E-state index contributed by atoms with van der Waals surface area (Å²) in [7, 11) is 1.65. The molecule has 0 heterocycles. The fourth-order valence-corrected chi connectivity index (χ4v) is 2.78. The average molecular weight is 364 g/mol. The first kappa shape index (κ1) is 19.6. The minimum absolute atomic E-state index is 0.261. The van der Waals surface area contributed by atoms with E-state index in [2.05, 4.69) is 5.32 Å². The van der Waals surface area contributed by atoms with Crippen LogP contribution in [0.1, 0.15) is 30.4 Å². The highest BCUT2D eigenvalue weighted by Gasteiger charge is 2.11. The van der Waals surface area contributed by atoms with Crippen LogP contribution in [0.2, 0.25) is 5.02 Å². The van der Waals surface area contributed by atoms with E-state index in [9.17, 15) is 0 Å². The lowest BCUT2D eigenvalue weighted by molar-refractivity contribution is 0.279. The van der Waals surface area contributed by atoms with Crippen LogP contribution >= 0.6 is 11.6 Å². The van der Waals surface area contributed by atoms with Gasteiger partial charge in [-0.05, 0) is 49.6 Å². The second kappa shape index (κ2) is 11.0. The Morgan fingerprint density at radius 1 is 1.08 bits per heavy atom. The molecule has 5 heteroatoms. The Morgan fingerprint density at radius 3 is 2.68 bits per heavy atom. The van der Waals surface area contributed by atoms with E-state index in [-0.39, 0.29) is 6.61 Å². The third-order valence-corrected chi connectivity index (χ3v) is 4.11. The van der Waals surface area contributed by atoms with Crippen LogP contribution in [0.4, 0.5) is 0 Å². The highest BCUT2D eigenvalue weighted by Crippen LogP contribution is 2.32. The van der Waals surface area contributed by atoms with E-state index in [1.54, 1.807) is 7.11 Å². The summed E-state index contributed by atoms with van der Waals surface area (Å²) in [6.45, 7) is 2.31. The maximum atomic E-state index is 8.81. The SMILES string of the molecule is COc1cccc(CNCCCCCO)c1OCc1cccc(Cl)c1. The zero-order valence-electron chi connectivity index (χ0n) is 14.6. The Kier molecular flexibility index (Phi) is 8.60. The van der Waals surface area contributed by atoms with Gasteiger partial charge >= 0.3 is 0 Å². The van der Waals surface area contributed by atoms with Crippen molar-refractivity contribution in [2.75, 3.05) is 20.3 Å². The zero-order valence-corrected chi connectivity index (χ0v) is 15.4. The van der Waals surface area contributed by atoms with Gasteiger partial charge in [0, 0.05) is 23.7 Å². The average Bonchev–Trinajstić information content (AvgIpc) is 2.63. The van der Waals surface area contributed by atoms with E-state index in [1.165, 1.54) is 0 Å². The molecular weight excluding hydrogens is 338 g/mol. The van der Waals surface area contributed by atoms with Crippen LogP contribution in [-0.4, -0.2) is 25.4 Å². The molecule has 0 spiro atoms. The quantitative estimate of drug-likeness (QED) is 0.588. The van der Waals surface area contributed by atoms with Crippen LogP contribution < -0.4 is 14.8 Å². The van der Waals surface area contributed by atoms with Gasteiger partial charge in [-0.15, -0.1) is 0 Å². The molecule has 0 bridgehead atoms. The number of halogens is 1. The molecule has 0 fully saturated rings. The number of aliphatic hydroxyl groups excluding tert-OH is 1. The molecule has 0 saturated heterocycles. The van der Waals surface area contributed by atoms with Crippen molar-refractivity contribution in [1.82, 2.24) is 5.32 Å². The van der Waals surface area contributed by atoms with Gasteiger partial charge in [0.15, 0.2) is 11.5 Å². The molecule has 4 nitrogen and oxygen atoms in total. The predicted octanol–water partition coefficient (Wildman–Crippen LogP) is 4.18. The molecule has 0 radical (unpaired) electrons. The van der Waals surface area contributed by atoms with E-state index in [1.807, 2.05) is 42.5 Å². The first-order valence-electron chi connectivity index (χ1n) is 8.59. The van der Waals surface area contributed by atoms with Gasteiger partial charge in [0.05, 0.1) is 7.11 Å². The molecule has 0 amide bonds. The molecule has 2 aromatic carbocycles. The Hall–Kier alpha value is -1.75. The Bertz CT molecular complexity index is 649. The van der Waals surface area contributed by atoms with Crippen molar-refractivity contribution in [3.05, 3.63) is 58.6 Å². The van der Waals surface area contributed by atoms with Crippen molar-refractivity contribution in [2.45, 2.75) is 32.4 Å². The standard InChI is InChI=1S/C20H26ClNO3/c1-24-19-10-6-8-17(14-22-11-3-2-4-12-23)20(19)25-15-16-7-5-9-18(21)13-16/h5-10,13,22-23H,2-4,11-12,14-15H2,1H3. The lowest BCUT2D eigenvalue weighted by atomic mass is 10.1. The number of para-hydroxylation sites is 1. The fourth-order valence-electron chi connectivity index (χ4n) is 2.57. The topological polar surface area (TPSA) is 50.7 Å². The minimum Gasteiger partial charge on any atom is -0.493 e. The molecule has 0 aromatic heterocycles. The Morgan fingerprint density at radius 2 is 1.92 bits per heavy atom. The van der Waals surface area contributed by atoms with Gasteiger partial charge in [0.25, 0.3) is 0 Å². The Balaban J connectivity index is 1.97. The van der Waals surface area contributed by atoms with Crippen molar-refractivity contribution >= 4 is 11.6 Å². The number of benzene rings is 2. The first-order chi connectivity index (χ1) is 12.2. The van der Waals surface area contributed by atoms with E-state index >= 15 is 0 Å². The summed E-state index contributed by atoms with van der Waals surface area (Å²) in [6, 6.07) is 13.6. The number of unbranched alkanes of at least 4 members (excludes halogenated alkanes) is 2. The molecular formula is C20H26ClNO3. The van der Waals surface area contributed by atoms with Crippen LogP contribution in [0.25, 0.3) is 0 Å². The molecule has 0 atom stereocenters. The second-order valence-electron chi connectivity index (χ2n) is 5.83. The number of hydrogen-bond acceptors (Lipinski definition) is 4. The molecule has 0 unspecified atom stereocenters. The van der Waals surface area contributed by atoms with E-state index in [0.717, 1.165) is 48.4 Å². The summed E-state index contributed by atoms with van der Waals surface area (Å²) in [5.74, 6) is 1.48. The van der Waals surface area contributed by atoms with Gasteiger partial charge < -0.3 is 19.9 Å². The maximum Gasteiger partial charge on any atom is 0.166 e. The van der Waals surface area contributed by atoms with Gasteiger partial charge in [-0.2, -0.15) is 0 Å². The smallest absolute Gasteiger partial charge is 0.166 e. The van der Waals surface area contributed by atoms with Crippen LogP contribution in [0.15, 0.2) is 42.5 Å². The van der Waals surface area contributed by atoms with Crippen molar-refractivity contribution < 1.29 is 14.6 Å². The number of hydrogen-bond donors (Lipinski definition) is 2. The lowest BCUT2D eigenvalue weighted by Gasteiger charge is -2.16. The molecule has 136 valence electrons. The van der Waals surface area contributed by atoms with Crippen molar-refractivity contribution in [2.24, 2.45) is 0 Å². The summed E-state index contributed by atoms with van der Waals surface area (Å²) < 4.78 is 11.5. The maximum absolute atomic E-state index is 8.81. The van der Waals surface area contributed by atoms with Crippen molar-refractivity contribution in [3.63, 3.8) is 0 Å². The van der Waals surface area contributed by atoms with Crippen molar-refractivity contribution in [1.29, 1.82) is 0 Å². The molecule has 0 saturated carbocycles. The molecule has 2 N–H and O–H groups in total. The van der Waals surface area contributed by atoms with Gasteiger partial charge in [-0.25, -0.2) is 0 Å². The number of aliphatic hydroxyl groups is 1. The van der Waals surface area contributed by atoms with Gasteiger partial charge in [-0.1, -0.05) is 35.9 Å². The molecule has 0 aliphatic rings. The van der Waals surface area contributed by atoms with E-state index in [0.29, 0.717) is 18.2 Å². The van der Waals surface area contributed by atoms with E-state index in [4.69, 9.17) is 26.2 Å². The predicted molar refractivity (Wildman–Crippen MR) is 101 cm³/mol. The highest BCUT2D eigenvalue weighted by molar-refractivity contribution is 6.30. The van der Waals surface area contributed by atoms with Crippen LogP contribution in [0, 0.1) is 0 Å². The third-order valence-electron chi connectivity index (χ3n) is 3.88.